The number of carbonyl (C=O) groups is 1. The molecule has 3 aromatic rings. The average Bonchev–Trinajstić information content (AvgIpc) is 3.21. The Kier molecular flexibility index (Phi) is 5.39. The van der Waals surface area contributed by atoms with Crippen LogP contribution in [0, 0.1) is 0 Å². The van der Waals surface area contributed by atoms with Gasteiger partial charge in [-0.15, -0.1) is 0 Å². The number of pyridine rings is 1. The number of hydrogen-bond acceptors (Lipinski definition) is 4. The van der Waals surface area contributed by atoms with Gasteiger partial charge in [0.1, 0.15) is 12.4 Å². The lowest BCUT2D eigenvalue weighted by Crippen LogP contribution is -2.25. The van der Waals surface area contributed by atoms with Crippen LogP contribution < -0.4 is 15.6 Å². The summed E-state index contributed by atoms with van der Waals surface area (Å²) in [5.41, 5.74) is 1.31. The molecule has 0 radical (unpaired) electrons. The molecule has 1 amide bonds. The summed E-state index contributed by atoms with van der Waals surface area (Å²) in [6.07, 6.45) is 2.52. The van der Waals surface area contributed by atoms with E-state index in [9.17, 15) is 9.59 Å². The second kappa shape index (κ2) is 8.27. The summed E-state index contributed by atoms with van der Waals surface area (Å²) in [4.78, 5) is 29.8. The standard InChI is InChI=1S/C22H23N3O3/c26-21-15-19(18-8-1-2-9-20(18)24-21)22(27)23-16-6-5-7-17(14-16)28-13-12-25-10-3-4-11-25/h1-2,5-9,14-15H,3-4,10-13H2,(H,23,27)(H,24,26). The predicted molar refractivity (Wildman–Crippen MR) is 110 cm³/mol. The first-order chi connectivity index (χ1) is 13.7. The van der Waals surface area contributed by atoms with Gasteiger partial charge >= 0.3 is 0 Å². The summed E-state index contributed by atoms with van der Waals surface area (Å²) in [5, 5.41) is 3.57. The normalized spacial score (nSPS) is 14.3. The second-order valence-corrected chi connectivity index (χ2v) is 6.97. The summed E-state index contributed by atoms with van der Waals surface area (Å²) in [7, 11) is 0. The maximum Gasteiger partial charge on any atom is 0.256 e. The minimum atomic E-state index is -0.323. The van der Waals surface area contributed by atoms with Crippen molar-refractivity contribution in [2.45, 2.75) is 12.8 Å². The van der Waals surface area contributed by atoms with Crippen LogP contribution in [0.3, 0.4) is 0 Å². The molecule has 2 aromatic carbocycles. The summed E-state index contributed by atoms with van der Waals surface area (Å²) in [6, 6.07) is 15.9. The van der Waals surface area contributed by atoms with E-state index < -0.39 is 0 Å². The largest absolute Gasteiger partial charge is 0.492 e. The van der Waals surface area contributed by atoms with Gasteiger partial charge in [-0.2, -0.15) is 0 Å². The number of benzene rings is 2. The Morgan fingerprint density at radius 3 is 2.75 bits per heavy atom. The van der Waals surface area contributed by atoms with Crippen LogP contribution in [0.4, 0.5) is 5.69 Å². The number of aromatic nitrogens is 1. The minimum absolute atomic E-state index is 0.303. The van der Waals surface area contributed by atoms with Crippen LogP contribution in [0.25, 0.3) is 10.9 Å². The molecule has 144 valence electrons. The number of ether oxygens (including phenoxy) is 1. The second-order valence-electron chi connectivity index (χ2n) is 6.97. The third kappa shape index (κ3) is 4.23. The molecule has 1 aliphatic heterocycles. The zero-order valence-electron chi connectivity index (χ0n) is 15.6. The highest BCUT2D eigenvalue weighted by Crippen LogP contribution is 2.20. The lowest BCUT2D eigenvalue weighted by molar-refractivity contribution is 0.102. The van der Waals surface area contributed by atoms with E-state index in [1.54, 1.807) is 18.2 Å². The summed E-state index contributed by atoms with van der Waals surface area (Å²) in [6.45, 7) is 3.82. The Bertz CT molecular complexity index is 1040. The molecule has 6 heteroatoms. The molecular formula is C22H23N3O3. The monoisotopic (exact) mass is 377 g/mol. The van der Waals surface area contributed by atoms with Gasteiger partial charge in [0.05, 0.1) is 5.56 Å². The van der Waals surface area contributed by atoms with Crippen LogP contribution in [0.1, 0.15) is 23.2 Å². The highest BCUT2D eigenvalue weighted by atomic mass is 16.5. The number of amides is 1. The van der Waals surface area contributed by atoms with E-state index in [2.05, 4.69) is 15.2 Å². The number of H-pyrrole nitrogens is 1. The molecule has 0 saturated carbocycles. The molecular weight excluding hydrogens is 354 g/mol. The fourth-order valence-corrected chi connectivity index (χ4v) is 3.55. The van der Waals surface area contributed by atoms with Crippen molar-refractivity contribution in [1.82, 2.24) is 9.88 Å². The molecule has 1 aromatic heterocycles. The highest BCUT2D eigenvalue weighted by Gasteiger charge is 2.13. The fraction of sp³-hybridized carbons (Fsp3) is 0.273. The first kappa shape index (κ1) is 18.3. The van der Waals surface area contributed by atoms with Crippen molar-refractivity contribution in [1.29, 1.82) is 0 Å². The van der Waals surface area contributed by atoms with E-state index in [0.29, 0.717) is 34.5 Å². The Morgan fingerprint density at radius 2 is 1.89 bits per heavy atom. The Morgan fingerprint density at radius 1 is 1.07 bits per heavy atom. The topological polar surface area (TPSA) is 74.4 Å². The number of fused-ring (bicyclic) bond motifs is 1. The van der Waals surface area contributed by atoms with Crippen LogP contribution in [-0.4, -0.2) is 42.0 Å². The van der Waals surface area contributed by atoms with Crippen molar-refractivity contribution < 1.29 is 9.53 Å². The van der Waals surface area contributed by atoms with Gasteiger partial charge in [-0.05, 0) is 44.1 Å². The van der Waals surface area contributed by atoms with E-state index in [-0.39, 0.29) is 11.5 Å². The minimum Gasteiger partial charge on any atom is -0.492 e. The van der Waals surface area contributed by atoms with Crippen LogP contribution in [-0.2, 0) is 0 Å². The molecule has 2 heterocycles. The number of rotatable bonds is 6. The van der Waals surface area contributed by atoms with Crippen molar-refractivity contribution in [3.8, 4) is 5.75 Å². The molecule has 0 aliphatic carbocycles. The van der Waals surface area contributed by atoms with Crippen molar-refractivity contribution in [3.63, 3.8) is 0 Å². The number of likely N-dealkylation sites (tertiary alicyclic amines) is 1. The molecule has 6 nitrogen and oxygen atoms in total. The summed E-state index contributed by atoms with van der Waals surface area (Å²) in [5.74, 6) is 0.393. The summed E-state index contributed by atoms with van der Waals surface area (Å²) < 4.78 is 5.84. The van der Waals surface area contributed by atoms with Gasteiger partial charge in [0.15, 0.2) is 0 Å². The van der Waals surface area contributed by atoms with Gasteiger partial charge in [-0.3, -0.25) is 14.5 Å². The molecule has 0 spiro atoms. The SMILES string of the molecule is O=C(Nc1cccc(OCCN2CCCC2)c1)c1cc(=O)[nH]c2ccccc12. The zero-order valence-corrected chi connectivity index (χ0v) is 15.6. The van der Waals surface area contributed by atoms with Gasteiger partial charge in [-0.25, -0.2) is 0 Å². The van der Waals surface area contributed by atoms with Gasteiger partial charge in [0.2, 0.25) is 5.56 Å². The van der Waals surface area contributed by atoms with E-state index in [1.807, 2.05) is 30.3 Å². The van der Waals surface area contributed by atoms with Gasteiger partial charge in [-0.1, -0.05) is 24.3 Å². The zero-order chi connectivity index (χ0) is 19.3. The van der Waals surface area contributed by atoms with Crippen molar-refractivity contribution >= 4 is 22.5 Å². The number of nitrogens with one attached hydrogen (secondary N) is 2. The number of hydrogen-bond donors (Lipinski definition) is 2. The van der Waals surface area contributed by atoms with Crippen LogP contribution >= 0.6 is 0 Å². The van der Waals surface area contributed by atoms with Gasteiger partial charge in [0, 0.05) is 35.3 Å². The Labute approximate surface area is 163 Å². The molecule has 0 unspecified atom stereocenters. The third-order valence-corrected chi connectivity index (χ3v) is 4.96. The number of anilines is 1. The van der Waals surface area contributed by atoms with Crippen LogP contribution in [0.5, 0.6) is 5.75 Å². The van der Waals surface area contributed by atoms with E-state index in [4.69, 9.17) is 4.74 Å². The van der Waals surface area contributed by atoms with Crippen molar-refractivity contribution in [2.75, 3.05) is 31.6 Å². The highest BCUT2D eigenvalue weighted by molar-refractivity contribution is 6.12. The molecule has 0 bridgehead atoms. The first-order valence-corrected chi connectivity index (χ1v) is 9.58. The Hall–Kier alpha value is -3.12. The van der Waals surface area contributed by atoms with E-state index in [1.165, 1.54) is 18.9 Å². The lowest BCUT2D eigenvalue weighted by Gasteiger charge is -2.15. The lowest BCUT2D eigenvalue weighted by atomic mass is 10.1. The quantitative estimate of drug-likeness (QED) is 0.692. The van der Waals surface area contributed by atoms with Crippen molar-refractivity contribution in [3.05, 3.63) is 70.5 Å². The first-order valence-electron chi connectivity index (χ1n) is 9.58. The number of para-hydroxylation sites is 1. The maximum atomic E-state index is 12.8. The predicted octanol–water partition coefficient (Wildman–Crippen LogP) is 3.26. The summed E-state index contributed by atoms with van der Waals surface area (Å²) >= 11 is 0. The third-order valence-electron chi connectivity index (χ3n) is 4.96. The smallest absolute Gasteiger partial charge is 0.256 e. The number of aromatic amines is 1. The molecule has 2 N–H and O–H groups in total. The van der Waals surface area contributed by atoms with Gasteiger partial charge in [0.25, 0.3) is 5.91 Å². The van der Waals surface area contributed by atoms with E-state index >= 15 is 0 Å². The fourth-order valence-electron chi connectivity index (χ4n) is 3.55. The Balaban J connectivity index is 1.45. The molecule has 1 fully saturated rings. The molecule has 28 heavy (non-hydrogen) atoms. The van der Waals surface area contributed by atoms with E-state index in [0.717, 1.165) is 19.6 Å². The average molecular weight is 377 g/mol. The number of nitrogens with zero attached hydrogens (tertiary/aromatic N) is 1. The van der Waals surface area contributed by atoms with Crippen molar-refractivity contribution in [2.24, 2.45) is 0 Å². The maximum absolute atomic E-state index is 12.8. The number of carbonyl (C=O) groups excluding carboxylic acids is 1. The molecule has 4 rings (SSSR count). The van der Waals surface area contributed by atoms with Gasteiger partial charge < -0.3 is 15.0 Å². The van der Waals surface area contributed by atoms with Crippen LogP contribution in [0.15, 0.2) is 59.4 Å². The molecule has 1 aliphatic rings. The molecule has 0 atom stereocenters. The van der Waals surface area contributed by atoms with Crippen LogP contribution in [0.2, 0.25) is 0 Å². The molecule has 1 saturated heterocycles.